The summed E-state index contributed by atoms with van der Waals surface area (Å²) in [6.45, 7) is -0.197. The predicted octanol–water partition coefficient (Wildman–Crippen LogP) is 0.314. The molecule has 2 rings (SSSR count). The fourth-order valence-electron chi connectivity index (χ4n) is 1.88. The minimum Gasteiger partial charge on any atom is -0.497 e. The van der Waals surface area contributed by atoms with E-state index in [0.717, 1.165) is 4.31 Å². The molecule has 0 spiro atoms. The van der Waals surface area contributed by atoms with Crippen molar-refractivity contribution in [2.75, 3.05) is 20.8 Å². The summed E-state index contributed by atoms with van der Waals surface area (Å²) in [5.74, 6) is 0.0263. The standard InChI is InChI=1S/C12H15NO6S/c1-17-10-5-3-9(4-6-10)7-13-11(12(14)18-2)8-19-20(13,15)16/h3-6,11H,7-8H2,1-2H3/t11-/m0/s1. The Labute approximate surface area is 117 Å². The van der Waals surface area contributed by atoms with Gasteiger partial charge in [-0.1, -0.05) is 12.1 Å². The second kappa shape index (κ2) is 5.78. The average molecular weight is 301 g/mol. The Balaban J connectivity index is 2.21. The van der Waals surface area contributed by atoms with Crippen molar-refractivity contribution in [1.29, 1.82) is 0 Å². The molecule has 1 aromatic rings. The predicted molar refractivity (Wildman–Crippen MR) is 69.2 cm³/mol. The Morgan fingerprint density at radius 1 is 1.35 bits per heavy atom. The number of esters is 1. The molecule has 1 aromatic carbocycles. The lowest BCUT2D eigenvalue weighted by molar-refractivity contribution is -0.145. The monoisotopic (exact) mass is 301 g/mol. The van der Waals surface area contributed by atoms with Crippen LogP contribution < -0.4 is 4.74 Å². The largest absolute Gasteiger partial charge is 0.497 e. The van der Waals surface area contributed by atoms with E-state index >= 15 is 0 Å². The molecular formula is C12H15NO6S. The Hall–Kier alpha value is -1.64. The van der Waals surface area contributed by atoms with E-state index in [2.05, 4.69) is 8.92 Å². The van der Waals surface area contributed by atoms with Gasteiger partial charge in [-0.15, -0.1) is 0 Å². The van der Waals surface area contributed by atoms with Crippen LogP contribution in [0, 0.1) is 0 Å². The van der Waals surface area contributed by atoms with Gasteiger partial charge in [-0.2, -0.15) is 12.7 Å². The van der Waals surface area contributed by atoms with Crippen molar-refractivity contribution in [2.24, 2.45) is 0 Å². The van der Waals surface area contributed by atoms with Gasteiger partial charge >= 0.3 is 16.3 Å². The van der Waals surface area contributed by atoms with Crippen molar-refractivity contribution >= 4 is 16.3 Å². The van der Waals surface area contributed by atoms with Gasteiger partial charge in [-0.05, 0) is 17.7 Å². The molecule has 0 bridgehead atoms. The third-order valence-corrected chi connectivity index (χ3v) is 4.37. The molecule has 1 fully saturated rings. The molecule has 0 amide bonds. The molecular weight excluding hydrogens is 286 g/mol. The smallest absolute Gasteiger partial charge is 0.339 e. The Kier molecular flexibility index (Phi) is 4.26. The number of methoxy groups -OCH3 is 2. The van der Waals surface area contributed by atoms with Gasteiger partial charge < -0.3 is 9.47 Å². The summed E-state index contributed by atoms with van der Waals surface area (Å²) in [5.41, 5.74) is 0.716. The zero-order valence-corrected chi connectivity index (χ0v) is 11.9. The van der Waals surface area contributed by atoms with E-state index in [1.165, 1.54) is 7.11 Å². The first-order valence-corrected chi connectivity index (χ1v) is 7.21. The van der Waals surface area contributed by atoms with Gasteiger partial charge in [-0.25, -0.2) is 0 Å². The Bertz CT molecular complexity index is 582. The number of hydrogen-bond donors (Lipinski definition) is 0. The van der Waals surface area contributed by atoms with E-state index in [-0.39, 0.29) is 13.2 Å². The first-order chi connectivity index (χ1) is 9.47. The van der Waals surface area contributed by atoms with Gasteiger partial charge in [0, 0.05) is 6.54 Å². The van der Waals surface area contributed by atoms with Crippen LogP contribution in [-0.4, -0.2) is 45.6 Å². The molecule has 110 valence electrons. The van der Waals surface area contributed by atoms with Crippen LogP contribution in [0.4, 0.5) is 0 Å². The van der Waals surface area contributed by atoms with E-state index in [0.29, 0.717) is 11.3 Å². The summed E-state index contributed by atoms with van der Waals surface area (Å²) in [6, 6.07) is 5.92. The molecule has 0 aliphatic carbocycles. The lowest BCUT2D eigenvalue weighted by Crippen LogP contribution is -2.39. The van der Waals surface area contributed by atoms with Crippen LogP contribution in [0.1, 0.15) is 5.56 Å². The highest BCUT2D eigenvalue weighted by atomic mass is 32.2. The summed E-state index contributed by atoms with van der Waals surface area (Å²) >= 11 is 0. The highest BCUT2D eigenvalue weighted by Crippen LogP contribution is 2.23. The van der Waals surface area contributed by atoms with Crippen molar-refractivity contribution in [3.8, 4) is 5.75 Å². The quantitative estimate of drug-likeness (QED) is 0.745. The maximum atomic E-state index is 11.8. The fourth-order valence-corrected chi connectivity index (χ4v) is 3.08. The summed E-state index contributed by atoms with van der Waals surface area (Å²) in [4.78, 5) is 11.6. The molecule has 1 saturated heterocycles. The molecule has 1 aliphatic rings. The third kappa shape index (κ3) is 2.92. The van der Waals surface area contributed by atoms with Gasteiger partial charge in [0.05, 0.1) is 20.8 Å². The molecule has 1 heterocycles. The van der Waals surface area contributed by atoms with Gasteiger partial charge in [0.1, 0.15) is 11.8 Å². The minimum atomic E-state index is -3.90. The van der Waals surface area contributed by atoms with E-state index in [1.807, 2.05) is 0 Å². The van der Waals surface area contributed by atoms with E-state index < -0.39 is 22.3 Å². The number of ether oxygens (including phenoxy) is 2. The normalized spacial score (nSPS) is 21.6. The third-order valence-electron chi connectivity index (χ3n) is 2.98. The summed E-state index contributed by atoms with van der Waals surface area (Å²) in [7, 11) is -1.15. The van der Waals surface area contributed by atoms with E-state index in [4.69, 9.17) is 4.74 Å². The molecule has 1 aliphatic heterocycles. The molecule has 0 saturated carbocycles. The number of nitrogens with zero attached hydrogens (tertiary/aromatic N) is 1. The molecule has 0 radical (unpaired) electrons. The van der Waals surface area contributed by atoms with Crippen LogP contribution in [0.15, 0.2) is 24.3 Å². The zero-order chi connectivity index (χ0) is 14.8. The van der Waals surface area contributed by atoms with Crippen LogP contribution in [0.25, 0.3) is 0 Å². The van der Waals surface area contributed by atoms with Crippen LogP contribution in [0.2, 0.25) is 0 Å². The fraction of sp³-hybridized carbons (Fsp3) is 0.417. The molecule has 0 unspecified atom stereocenters. The van der Waals surface area contributed by atoms with Crippen molar-refractivity contribution in [2.45, 2.75) is 12.6 Å². The van der Waals surface area contributed by atoms with Crippen molar-refractivity contribution in [3.63, 3.8) is 0 Å². The lowest BCUT2D eigenvalue weighted by atomic mass is 10.2. The Morgan fingerprint density at radius 2 is 2.00 bits per heavy atom. The second-order valence-electron chi connectivity index (χ2n) is 4.17. The van der Waals surface area contributed by atoms with Crippen molar-refractivity contribution in [1.82, 2.24) is 4.31 Å². The second-order valence-corrected chi connectivity index (χ2v) is 5.73. The number of rotatable bonds is 4. The molecule has 20 heavy (non-hydrogen) atoms. The van der Waals surface area contributed by atoms with Gasteiger partial charge in [0.15, 0.2) is 0 Å². The van der Waals surface area contributed by atoms with Crippen LogP contribution in [0.3, 0.4) is 0 Å². The molecule has 8 heteroatoms. The number of carbonyl (C=O) groups excluding carboxylic acids is 1. The van der Waals surface area contributed by atoms with Gasteiger partial charge in [0.2, 0.25) is 0 Å². The molecule has 0 N–H and O–H groups in total. The number of hydrogen-bond acceptors (Lipinski definition) is 6. The summed E-state index contributed by atoms with van der Waals surface area (Å²) in [5, 5.41) is 0. The van der Waals surface area contributed by atoms with E-state index in [9.17, 15) is 13.2 Å². The van der Waals surface area contributed by atoms with Crippen LogP contribution in [0.5, 0.6) is 5.75 Å². The Morgan fingerprint density at radius 3 is 2.55 bits per heavy atom. The average Bonchev–Trinajstić information content (AvgIpc) is 2.74. The minimum absolute atomic E-state index is 0.0338. The molecule has 0 aromatic heterocycles. The molecule has 7 nitrogen and oxygen atoms in total. The summed E-state index contributed by atoms with van der Waals surface area (Å²) < 4.78 is 38.9. The first-order valence-electron chi connectivity index (χ1n) is 5.85. The highest BCUT2D eigenvalue weighted by Gasteiger charge is 2.43. The summed E-state index contributed by atoms with van der Waals surface area (Å²) in [6.07, 6.45) is 0. The van der Waals surface area contributed by atoms with Crippen molar-refractivity contribution in [3.05, 3.63) is 29.8 Å². The number of carbonyl (C=O) groups is 1. The van der Waals surface area contributed by atoms with Crippen LogP contribution >= 0.6 is 0 Å². The SMILES string of the molecule is COC(=O)[C@@H]1COS(=O)(=O)N1Cc1ccc(OC)cc1. The lowest BCUT2D eigenvalue weighted by Gasteiger charge is -2.18. The van der Waals surface area contributed by atoms with Crippen molar-refractivity contribution < 1.29 is 26.9 Å². The van der Waals surface area contributed by atoms with Gasteiger partial charge in [0.25, 0.3) is 0 Å². The first kappa shape index (κ1) is 14.8. The highest BCUT2D eigenvalue weighted by molar-refractivity contribution is 7.84. The maximum absolute atomic E-state index is 11.8. The molecule has 1 atom stereocenters. The zero-order valence-electron chi connectivity index (χ0n) is 11.1. The van der Waals surface area contributed by atoms with E-state index in [1.54, 1.807) is 31.4 Å². The van der Waals surface area contributed by atoms with Gasteiger partial charge in [-0.3, -0.25) is 8.98 Å². The number of benzene rings is 1. The van der Waals surface area contributed by atoms with Crippen LogP contribution in [-0.2, 0) is 30.6 Å². The topological polar surface area (TPSA) is 82.1 Å². The maximum Gasteiger partial charge on any atom is 0.339 e.